The maximum Gasteiger partial charge on any atom is 0.161 e. The summed E-state index contributed by atoms with van der Waals surface area (Å²) in [4.78, 5) is 2.11. The number of hydrogen-bond donors (Lipinski definition) is 2. The molecule has 0 aromatic carbocycles. The second kappa shape index (κ2) is 7.74. The Kier molecular flexibility index (Phi) is 6.60. The van der Waals surface area contributed by atoms with Crippen LogP contribution in [0.4, 0.5) is 0 Å². The van der Waals surface area contributed by atoms with Crippen LogP contribution in [0.5, 0.6) is 5.75 Å². The van der Waals surface area contributed by atoms with Gasteiger partial charge in [-0.05, 0) is 34.9 Å². The summed E-state index contributed by atoms with van der Waals surface area (Å²) in [5.41, 5.74) is 3.28. The lowest BCUT2D eigenvalue weighted by Crippen LogP contribution is -2.46. The highest BCUT2D eigenvalue weighted by Gasteiger charge is 2.35. The van der Waals surface area contributed by atoms with E-state index >= 15 is 0 Å². The summed E-state index contributed by atoms with van der Waals surface area (Å²) < 4.78 is 13.2. The van der Waals surface area contributed by atoms with E-state index in [1.54, 1.807) is 13.3 Å². The van der Waals surface area contributed by atoms with Crippen molar-refractivity contribution in [3.8, 4) is 5.75 Å². The molecule has 0 radical (unpaired) electrons. The molecule has 0 spiro atoms. The lowest BCUT2D eigenvalue weighted by molar-refractivity contribution is -0.0418. The van der Waals surface area contributed by atoms with Crippen molar-refractivity contribution in [3.63, 3.8) is 0 Å². The van der Waals surface area contributed by atoms with E-state index < -0.39 is 5.60 Å². The number of nitrogens with one attached hydrogen (secondary N) is 1. The van der Waals surface area contributed by atoms with Crippen LogP contribution >= 0.6 is 0 Å². The van der Waals surface area contributed by atoms with Crippen LogP contribution in [0.25, 0.3) is 0 Å². The number of aromatic nitrogens is 2. The Morgan fingerprint density at radius 1 is 1.48 bits per heavy atom. The van der Waals surface area contributed by atoms with Crippen LogP contribution in [0.3, 0.4) is 0 Å². The van der Waals surface area contributed by atoms with Crippen LogP contribution in [0.1, 0.15) is 32.5 Å². The molecule has 0 amide bonds. The average molecular weight is 299 g/mol. The fourth-order valence-electron chi connectivity index (χ4n) is 2.36. The van der Waals surface area contributed by atoms with E-state index in [1.165, 1.54) is 0 Å². The number of rotatable bonds is 9. The normalized spacial score (nSPS) is 13.7. The third-order valence-corrected chi connectivity index (χ3v) is 3.48. The summed E-state index contributed by atoms with van der Waals surface area (Å²) in [6, 6.07) is -0.225. The van der Waals surface area contributed by atoms with Gasteiger partial charge in [-0.25, -0.2) is 5.43 Å². The van der Waals surface area contributed by atoms with Gasteiger partial charge in [0.1, 0.15) is 5.69 Å². The highest BCUT2D eigenvalue weighted by Crippen LogP contribution is 2.34. The number of hydrogen-bond acceptors (Lipinski definition) is 6. The molecule has 3 N–H and O–H groups in total. The fourth-order valence-corrected chi connectivity index (χ4v) is 2.36. The topological polar surface area (TPSA) is 77.6 Å². The monoisotopic (exact) mass is 299 g/mol. The molecule has 1 rings (SSSR count). The van der Waals surface area contributed by atoms with E-state index in [9.17, 15) is 0 Å². The van der Waals surface area contributed by atoms with Crippen molar-refractivity contribution in [2.24, 2.45) is 5.84 Å². The van der Waals surface area contributed by atoms with Gasteiger partial charge in [-0.2, -0.15) is 5.10 Å². The number of likely N-dealkylation sites (N-methyl/N-ethyl adjacent to an activating group) is 1. The van der Waals surface area contributed by atoms with Crippen molar-refractivity contribution in [1.82, 2.24) is 20.1 Å². The number of hydrazine groups is 1. The van der Waals surface area contributed by atoms with Gasteiger partial charge in [-0.1, -0.05) is 0 Å². The Morgan fingerprint density at radius 3 is 2.62 bits per heavy atom. The van der Waals surface area contributed by atoms with Gasteiger partial charge in [0.2, 0.25) is 0 Å². The zero-order valence-corrected chi connectivity index (χ0v) is 14.0. The molecule has 1 atom stereocenters. The molecule has 0 bridgehead atoms. The lowest BCUT2D eigenvalue weighted by atomic mass is 9.95. The van der Waals surface area contributed by atoms with Crippen LogP contribution in [0, 0.1) is 0 Å². The molecule has 1 heterocycles. The molecule has 0 aliphatic carbocycles. The first-order valence-corrected chi connectivity index (χ1v) is 7.21. The van der Waals surface area contributed by atoms with Crippen LogP contribution < -0.4 is 16.0 Å². The molecule has 0 saturated carbocycles. The lowest BCUT2D eigenvalue weighted by Gasteiger charge is -2.34. The Hall–Kier alpha value is -1.15. The minimum atomic E-state index is -0.479. The number of methoxy groups -OCH3 is 1. The number of nitrogens with two attached hydrogens (primary N) is 1. The molecule has 0 fully saturated rings. The average Bonchev–Trinajstić information content (AvgIpc) is 2.79. The molecular weight excluding hydrogens is 270 g/mol. The largest absolute Gasteiger partial charge is 0.493 e. The Bertz CT molecular complexity index is 431. The highest BCUT2D eigenvalue weighted by atomic mass is 16.5. The van der Waals surface area contributed by atoms with Gasteiger partial charge >= 0.3 is 0 Å². The van der Waals surface area contributed by atoms with Gasteiger partial charge in [0.15, 0.2) is 5.75 Å². The zero-order valence-electron chi connectivity index (χ0n) is 14.0. The first kappa shape index (κ1) is 17.9. The highest BCUT2D eigenvalue weighted by molar-refractivity contribution is 5.30. The first-order valence-electron chi connectivity index (χ1n) is 7.21. The molecule has 7 heteroatoms. The van der Waals surface area contributed by atoms with Crippen molar-refractivity contribution in [1.29, 1.82) is 0 Å². The second-order valence-electron chi connectivity index (χ2n) is 5.76. The third kappa shape index (κ3) is 4.41. The molecular formula is C14H29N5O2. The molecule has 0 aliphatic rings. The van der Waals surface area contributed by atoms with Crippen LogP contribution in [0.2, 0.25) is 0 Å². The third-order valence-electron chi connectivity index (χ3n) is 3.48. The minimum Gasteiger partial charge on any atom is -0.493 e. The Morgan fingerprint density at radius 2 is 2.14 bits per heavy atom. The smallest absolute Gasteiger partial charge is 0.161 e. The molecule has 1 unspecified atom stereocenters. The molecule has 7 nitrogen and oxygen atoms in total. The predicted octanol–water partition coefficient (Wildman–Crippen LogP) is 0.773. The van der Waals surface area contributed by atoms with Crippen LogP contribution in [-0.4, -0.2) is 54.6 Å². The van der Waals surface area contributed by atoms with E-state index in [4.69, 9.17) is 15.3 Å². The van der Waals surface area contributed by atoms with E-state index in [-0.39, 0.29) is 6.04 Å². The van der Waals surface area contributed by atoms with Crippen LogP contribution in [-0.2, 0) is 11.3 Å². The van der Waals surface area contributed by atoms with Gasteiger partial charge in [0.25, 0.3) is 0 Å². The predicted molar refractivity (Wildman–Crippen MR) is 83.1 cm³/mol. The van der Waals surface area contributed by atoms with Gasteiger partial charge in [-0.15, -0.1) is 0 Å². The Labute approximate surface area is 127 Å². The number of nitrogens with zero attached hydrogens (tertiary/aromatic N) is 3. The van der Waals surface area contributed by atoms with E-state index in [0.29, 0.717) is 12.4 Å². The maximum atomic E-state index is 5.84. The second-order valence-corrected chi connectivity index (χ2v) is 5.76. The Balaban J connectivity index is 3.13. The standard InChI is InChI=1S/C14H29N5O2/c1-7-21-14(2,3)13(17-15)12-11(20-6)10-16-19(12)9-8-18(4)5/h10,13,17H,7-9,15H2,1-6H3. The molecule has 0 aliphatic heterocycles. The molecule has 1 aromatic rings. The van der Waals surface area contributed by atoms with Gasteiger partial charge in [0.05, 0.1) is 31.5 Å². The SMILES string of the molecule is CCOC(C)(C)C(NN)c1c(OC)cnn1CCN(C)C. The molecule has 21 heavy (non-hydrogen) atoms. The maximum absolute atomic E-state index is 5.84. The fraction of sp³-hybridized carbons (Fsp3) is 0.786. The first-order chi connectivity index (χ1) is 9.87. The van der Waals surface area contributed by atoms with Crippen molar-refractivity contribution in [3.05, 3.63) is 11.9 Å². The van der Waals surface area contributed by atoms with Crippen molar-refractivity contribution >= 4 is 0 Å². The van der Waals surface area contributed by atoms with Gasteiger partial charge < -0.3 is 14.4 Å². The summed E-state index contributed by atoms with van der Waals surface area (Å²) in [6.07, 6.45) is 1.72. The van der Waals surface area contributed by atoms with Crippen molar-refractivity contribution in [2.75, 3.05) is 34.4 Å². The molecule has 1 aromatic heterocycles. The summed E-state index contributed by atoms with van der Waals surface area (Å²) >= 11 is 0. The van der Waals surface area contributed by atoms with Gasteiger partial charge in [-0.3, -0.25) is 10.5 Å². The summed E-state index contributed by atoms with van der Waals surface area (Å²) in [7, 11) is 5.70. The van der Waals surface area contributed by atoms with Crippen molar-refractivity contribution in [2.45, 2.75) is 39.0 Å². The van der Waals surface area contributed by atoms with Gasteiger partial charge in [0, 0.05) is 13.2 Å². The van der Waals surface area contributed by atoms with E-state index in [0.717, 1.165) is 18.8 Å². The summed E-state index contributed by atoms with van der Waals surface area (Å²) in [6.45, 7) is 8.22. The zero-order chi connectivity index (χ0) is 16.0. The molecule has 122 valence electrons. The molecule has 0 saturated heterocycles. The summed E-state index contributed by atoms with van der Waals surface area (Å²) in [5, 5.41) is 4.42. The summed E-state index contributed by atoms with van der Waals surface area (Å²) in [5.74, 6) is 6.50. The van der Waals surface area contributed by atoms with E-state index in [2.05, 4.69) is 15.4 Å². The minimum absolute atomic E-state index is 0.225. The van der Waals surface area contributed by atoms with Crippen LogP contribution in [0.15, 0.2) is 6.20 Å². The van der Waals surface area contributed by atoms with Crippen molar-refractivity contribution < 1.29 is 9.47 Å². The van der Waals surface area contributed by atoms with E-state index in [1.807, 2.05) is 39.5 Å². The quantitative estimate of drug-likeness (QED) is 0.518. The number of ether oxygens (including phenoxy) is 2.